The number of piperazine rings is 1. The van der Waals surface area contributed by atoms with Crippen LogP contribution in [0.15, 0.2) is 18.3 Å². The topological polar surface area (TPSA) is 39.7 Å². The van der Waals surface area contributed by atoms with Crippen LogP contribution in [0.3, 0.4) is 0 Å². The number of likely N-dealkylation sites (tertiary alicyclic amines) is 1. The molecule has 0 atom stereocenters. The van der Waals surface area contributed by atoms with Crippen LogP contribution in [0.2, 0.25) is 0 Å². The molecule has 0 aliphatic carbocycles. The molecule has 0 saturated carbocycles. The highest BCUT2D eigenvalue weighted by molar-refractivity contribution is 5.78. The Morgan fingerprint density at radius 1 is 1.08 bits per heavy atom. The van der Waals surface area contributed by atoms with Crippen molar-refractivity contribution < 1.29 is 18.0 Å². The Kier molecular flexibility index (Phi) is 4.93. The summed E-state index contributed by atoms with van der Waals surface area (Å²) in [5.41, 5.74) is -0.681. The number of nitrogens with zero attached hydrogens (tertiary/aromatic N) is 4. The molecule has 2 fully saturated rings. The molecule has 8 heteroatoms. The highest BCUT2D eigenvalue weighted by atomic mass is 19.4. The van der Waals surface area contributed by atoms with Crippen molar-refractivity contribution in [3.63, 3.8) is 0 Å². The molecule has 1 aromatic heterocycles. The molecule has 1 aromatic rings. The van der Waals surface area contributed by atoms with Crippen LogP contribution in [0.4, 0.5) is 19.0 Å². The van der Waals surface area contributed by atoms with Gasteiger partial charge in [-0.2, -0.15) is 13.2 Å². The maximum absolute atomic E-state index is 12.8. The number of amides is 1. The van der Waals surface area contributed by atoms with Crippen LogP contribution in [0.25, 0.3) is 0 Å². The standard InChI is InChI=1S/C16H21F3N4O/c17-16(18,19)13-3-4-20-14(11-13)22-9-7-21(8-10-22)12-15(24)23-5-1-2-6-23/h3-4,11H,1-2,5-10,12H2. The molecule has 0 spiro atoms. The van der Waals surface area contributed by atoms with Gasteiger partial charge in [-0.15, -0.1) is 0 Å². The summed E-state index contributed by atoms with van der Waals surface area (Å²) in [5, 5.41) is 0. The molecule has 3 heterocycles. The van der Waals surface area contributed by atoms with Gasteiger partial charge in [-0.1, -0.05) is 0 Å². The lowest BCUT2D eigenvalue weighted by atomic mass is 10.2. The SMILES string of the molecule is O=C(CN1CCN(c2cc(C(F)(F)F)ccn2)CC1)N1CCCC1. The van der Waals surface area contributed by atoms with Crippen LogP contribution in [0.5, 0.6) is 0 Å². The summed E-state index contributed by atoms with van der Waals surface area (Å²) in [6.45, 7) is 4.52. The molecule has 0 aromatic carbocycles. The first-order chi connectivity index (χ1) is 11.4. The fourth-order valence-electron chi connectivity index (χ4n) is 3.16. The van der Waals surface area contributed by atoms with Gasteiger partial charge >= 0.3 is 6.18 Å². The quantitative estimate of drug-likeness (QED) is 0.840. The molecule has 5 nitrogen and oxygen atoms in total. The normalized spacial score (nSPS) is 19.8. The number of anilines is 1. The predicted molar refractivity (Wildman–Crippen MR) is 83.7 cm³/mol. The number of carbonyl (C=O) groups is 1. The van der Waals surface area contributed by atoms with E-state index in [0.29, 0.717) is 38.5 Å². The van der Waals surface area contributed by atoms with Gasteiger partial charge in [0.05, 0.1) is 12.1 Å². The van der Waals surface area contributed by atoms with E-state index in [-0.39, 0.29) is 5.91 Å². The van der Waals surface area contributed by atoms with Crippen molar-refractivity contribution in [3.05, 3.63) is 23.9 Å². The number of rotatable bonds is 3. The minimum absolute atomic E-state index is 0.151. The molecule has 24 heavy (non-hydrogen) atoms. The Hall–Kier alpha value is -1.83. The highest BCUT2D eigenvalue weighted by Gasteiger charge is 2.31. The number of pyridine rings is 1. The van der Waals surface area contributed by atoms with E-state index in [0.717, 1.165) is 38.1 Å². The van der Waals surface area contributed by atoms with Gasteiger partial charge in [0.15, 0.2) is 0 Å². The number of hydrogen-bond acceptors (Lipinski definition) is 4. The van der Waals surface area contributed by atoms with Crippen molar-refractivity contribution in [2.45, 2.75) is 19.0 Å². The number of hydrogen-bond donors (Lipinski definition) is 0. The molecule has 2 saturated heterocycles. The van der Waals surface area contributed by atoms with Crippen LogP contribution < -0.4 is 4.90 Å². The minimum Gasteiger partial charge on any atom is -0.354 e. The van der Waals surface area contributed by atoms with Crippen LogP contribution >= 0.6 is 0 Å². The van der Waals surface area contributed by atoms with E-state index in [2.05, 4.69) is 9.88 Å². The fraction of sp³-hybridized carbons (Fsp3) is 0.625. The van der Waals surface area contributed by atoms with E-state index >= 15 is 0 Å². The summed E-state index contributed by atoms with van der Waals surface area (Å²) in [6.07, 6.45) is -1.02. The first kappa shape index (κ1) is 17.0. The maximum Gasteiger partial charge on any atom is 0.416 e. The molecule has 2 aliphatic heterocycles. The first-order valence-electron chi connectivity index (χ1n) is 8.22. The average Bonchev–Trinajstić information content (AvgIpc) is 3.09. The second-order valence-corrected chi connectivity index (χ2v) is 6.25. The van der Waals surface area contributed by atoms with E-state index in [9.17, 15) is 18.0 Å². The molecule has 2 aliphatic rings. The fourth-order valence-corrected chi connectivity index (χ4v) is 3.16. The lowest BCUT2D eigenvalue weighted by molar-refractivity contribution is -0.137. The largest absolute Gasteiger partial charge is 0.416 e. The lowest BCUT2D eigenvalue weighted by Crippen LogP contribution is -2.50. The van der Waals surface area contributed by atoms with Gasteiger partial charge in [0.25, 0.3) is 0 Å². The lowest BCUT2D eigenvalue weighted by Gasteiger charge is -2.35. The van der Waals surface area contributed by atoms with Crippen molar-refractivity contribution in [1.29, 1.82) is 0 Å². The predicted octanol–water partition coefficient (Wildman–Crippen LogP) is 1.84. The van der Waals surface area contributed by atoms with Gasteiger partial charge < -0.3 is 9.80 Å². The van der Waals surface area contributed by atoms with E-state index in [1.807, 2.05) is 9.80 Å². The van der Waals surface area contributed by atoms with Crippen LogP contribution in [0.1, 0.15) is 18.4 Å². The van der Waals surface area contributed by atoms with Crippen molar-refractivity contribution >= 4 is 11.7 Å². The molecule has 1 amide bonds. The van der Waals surface area contributed by atoms with Gasteiger partial charge in [-0.3, -0.25) is 9.69 Å². The highest BCUT2D eigenvalue weighted by Crippen LogP contribution is 2.30. The molecule has 0 N–H and O–H groups in total. The monoisotopic (exact) mass is 342 g/mol. The molecule has 0 unspecified atom stereocenters. The van der Waals surface area contributed by atoms with Gasteiger partial charge in [-0.25, -0.2) is 4.98 Å². The van der Waals surface area contributed by atoms with Crippen LogP contribution in [-0.4, -0.2) is 66.5 Å². The molecular weight excluding hydrogens is 321 g/mol. The van der Waals surface area contributed by atoms with Crippen molar-refractivity contribution in [3.8, 4) is 0 Å². The number of carbonyl (C=O) groups excluding carboxylic acids is 1. The van der Waals surface area contributed by atoms with Gasteiger partial charge in [0.2, 0.25) is 5.91 Å². The van der Waals surface area contributed by atoms with Crippen molar-refractivity contribution in [1.82, 2.24) is 14.8 Å². The molecular formula is C16H21F3N4O. The summed E-state index contributed by atoms with van der Waals surface area (Å²) in [4.78, 5) is 22.0. The summed E-state index contributed by atoms with van der Waals surface area (Å²) in [6, 6.07) is 2.07. The summed E-state index contributed by atoms with van der Waals surface area (Å²) < 4.78 is 38.4. The van der Waals surface area contributed by atoms with E-state index in [4.69, 9.17) is 0 Å². The zero-order valence-corrected chi connectivity index (χ0v) is 13.4. The van der Waals surface area contributed by atoms with Crippen molar-refractivity contribution in [2.75, 3.05) is 50.7 Å². The van der Waals surface area contributed by atoms with E-state index < -0.39 is 11.7 Å². The third-order valence-electron chi connectivity index (χ3n) is 4.59. The van der Waals surface area contributed by atoms with E-state index in [1.165, 1.54) is 6.20 Å². The number of alkyl halides is 3. The summed E-state index contributed by atoms with van der Waals surface area (Å²) in [5.74, 6) is 0.494. The zero-order chi connectivity index (χ0) is 17.2. The maximum atomic E-state index is 12.8. The second-order valence-electron chi connectivity index (χ2n) is 6.25. The molecule has 0 bridgehead atoms. The Balaban J connectivity index is 1.54. The Morgan fingerprint density at radius 3 is 2.38 bits per heavy atom. The van der Waals surface area contributed by atoms with Crippen LogP contribution in [0, 0.1) is 0 Å². The average molecular weight is 342 g/mol. The van der Waals surface area contributed by atoms with Gasteiger partial charge in [0.1, 0.15) is 5.82 Å². The Morgan fingerprint density at radius 2 is 1.75 bits per heavy atom. The van der Waals surface area contributed by atoms with E-state index in [1.54, 1.807) is 0 Å². The molecule has 3 rings (SSSR count). The summed E-state index contributed by atoms with van der Waals surface area (Å²) in [7, 11) is 0. The first-order valence-corrected chi connectivity index (χ1v) is 8.22. The Labute approximate surface area is 139 Å². The molecule has 0 radical (unpaired) electrons. The number of halogens is 3. The summed E-state index contributed by atoms with van der Waals surface area (Å²) >= 11 is 0. The van der Waals surface area contributed by atoms with Crippen LogP contribution in [-0.2, 0) is 11.0 Å². The Bertz CT molecular complexity index is 579. The third kappa shape index (κ3) is 3.98. The third-order valence-corrected chi connectivity index (χ3v) is 4.59. The second kappa shape index (κ2) is 6.96. The van der Waals surface area contributed by atoms with Crippen molar-refractivity contribution in [2.24, 2.45) is 0 Å². The smallest absolute Gasteiger partial charge is 0.354 e. The minimum atomic E-state index is -4.36. The number of aromatic nitrogens is 1. The zero-order valence-electron chi connectivity index (χ0n) is 13.4. The molecule has 132 valence electrons. The van der Waals surface area contributed by atoms with Gasteiger partial charge in [0, 0.05) is 45.5 Å². The van der Waals surface area contributed by atoms with Gasteiger partial charge in [-0.05, 0) is 25.0 Å².